The number of carbonyl (C=O) groups excluding carboxylic acids is 2. The fourth-order valence-corrected chi connectivity index (χ4v) is 4.51. The minimum atomic E-state index is -3.76. The summed E-state index contributed by atoms with van der Waals surface area (Å²) in [5.41, 5.74) is 2.93. The number of nitrogens with one attached hydrogen (secondary N) is 1. The third-order valence-corrected chi connectivity index (χ3v) is 6.79. The van der Waals surface area contributed by atoms with Gasteiger partial charge in [0.25, 0.3) is 0 Å². The molecule has 0 aliphatic rings. The van der Waals surface area contributed by atoms with E-state index in [2.05, 4.69) is 5.32 Å². The number of hydrogen-bond acceptors (Lipinski definition) is 5. The number of likely N-dealkylation sites (N-methyl/N-ethyl adjacent to an activating group) is 1. The predicted molar refractivity (Wildman–Crippen MR) is 130 cm³/mol. The summed E-state index contributed by atoms with van der Waals surface area (Å²) in [6.07, 6.45) is 1.45. The van der Waals surface area contributed by atoms with Crippen LogP contribution in [0.25, 0.3) is 0 Å². The van der Waals surface area contributed by atoms with Gasteiger partial charge in [0, 0.05) is 13.6 Å². The zero-order valence-electron chi connectivity index (χ0n) is 20.1. The second-order valence-electron chi connectivity index (χ2n) is 7.90. The third-order valence-electron chi connectivity index (χ3n) is 5.67. The van der Waals surface area contributed by atoms with Crippen LogP contribution in [0.15, 0.2) is 42.5 Å². The van der Waals surface area contributed by atoms with Crippen LogP contribution in [0.2, 0.25) is 0 Å². The van der Waals surface area contributed by atoms with E-state index in [4.69, 9.17) is 4.74 Å². The van der Waals surface area contributed by atoms with Crippen molar-refractivity contribution in [2.45, 2.75) is 39.8 Å². The fraction of sp³-hybridized carbons (Fsp3) is 0.417. The summed E-state index contributed by atoms with van der Waals surface area (Å²) in [5, 5.41) is 2.60. The number of methoxy groups -OCH3 is 1. The van der Waals surface area contributed by atoms with Gasteiger partial charge in [0.1, 0.15) is 18.3 Å². The van der Waals surface area contributed by atoms with Gasteiger partial charge in [0.15, 0.2) is 0 Å². The van der Waals surface area contributed by atoms with Crippen LogP contribution in [0.5, 0.6) is 5.75 Å². The Morgan fingerprint density at radius 1 is 1.09 bits per heavy atom. The van der Waals surface area contributed by atoms with Gasteiger partial charge in [0.05, 0.1) is 19.1 Å². The molecule has 0 saturated heterocycles. The van der Waals surface area contributed by atoms with E-state index >= 15 is 0 Å². The Morgan fingerprint density at radius 2 is 1.73 bits per heavy atom. The van der Waals surface area contributed by atoms with E-state index in [1.165, 1.54) is 11.9 Å². The van der Waals surface area contributed by atoms with Gasteiger partial charge in [-0.05, 0) is 55.2 Å². The minimum Gasteiger partial charge on any atom is -0.497 e. The first-order valence-corrected chi connectivity index (χ1v) is 12.6. The van der Waals surface area contributed by atoms with Crippen LogP contribution in [0.4, 0.5) is 5.69 Å². The van der Waals surface area contributed by atoms with Gasteiger partial charge < -0.3 is 15.0 Å². The monoisotopic (exact) mass is 475 g/mol. The van der Waals surface area contributed by atoms with Crippen LogP contribution in [0, 0.1) is 13.8 Å². The average Bonchev–Trinajstić information content (AvgIpc) is 2.78. The third kappa shape index (κ3) is 6.47. The Morgan fingerprint density at radius 3 is 2.24 bits per heavy atom. The molecule has 2 amide bonds. The smallest absolute Gasteiger partial charge is 0.244 e. The highest BCUT2D eigenvalue weighted by Gasteiger charge is 2.31. The van der Waals surface area contributed by atoms with Crippen molar-refractivity contribution in [1.82, 2.24) is 10.2 Å². The van der Waals surface area contributed by atoms with E-state index in [9.17, 15) is 18.0 Å². The van der Waals surface area contributed by atoms with Crippen molar-refractivity contribution in [3.8, 4) is 5.75 Å². The standard InChI is InChI=1S/C24H33N3O5S/c1-7-21(24(29)25-4)26(15-19-11-13-20(32-5)14-12-19)23(28)16-27(33(6,30)31)22-10-8-9-17(2)18(22)3/h8-14,21H,7,15-16H2,1-6H3,(H,25,29)/t21-/m1/s1. The Labute approximate surface area is 196 Å². The summed E-state index contributed by atoms with van der Waals surface area (Å²) in [4.78, 5) is 27.5. The molecule has 0 unspecified atom stereocenters. The number of anilines is 1. The Hall–Kier alpha value is -3.07. The number of carbonyl (C=O) groups is 2. The molecular formula is C24H33N3O5S. The van der Waals surface area contributed by atoms with Crippen molar-refractivity contribution in [3.63, 3.8) is 0 Å². The molecule has 0 saturated carbocycles. The summed E-state index contributed by atoms with van der Waals surface area (Å²) in [6.45, 7) is 5.26. The van der Waals surface area contributed by atoms with Crippen LogP contribution in [-0.4, -0.2) is 58.1 Å². The summed E-state index contributed by atoms with van der Waals surface area (Å²) < 4.78 is 31.6. The van der Waals surface area contributed by atoms with Crippen LogP contribution in [0.3, 0.4) is 0 Å². The van der Waals surface area contributed by atoms with Gasteiger partial charge in [-0.2, -0.15) is 0 Å². The highest BCUT2D eigenvalue weighted by molar-refractivity contribution is 7.92. The number of hydrogen-bond donors (Lipinski definition) is 1. The van der Waals surface area contributed by atoms with E-state index in [0.29, 0.717) is 17.9 Å². The number of rotatable bonds is 10. The first kappa shape index (κ1) is 26.2. The molecule has 2 aromatic rings. The molecule has 0 fully saturated rings. The molecule has 8 nitrogen and oxygen atoms in total. The average molecular weight is 476 g/mol. The summed E-state index contributed by atoms with van der Waals surface area (Å²) in [7, 11) is -0.677. The summed E-state index contributed by atoms with van der Waals surface area (Å²) >= 11 is 0. The molecule has 1 N–H and O–H groups in total. The van der Waals surface area contributed by atoms with Crippen molar-refractivity contribution in [2.24, 2.45) is 0 Å². The Bertz CT molecular complexity index is 1080. The fourth-order valence-electron chi connectivity index (χ4n) is 3.61. The molecule has 0 aliphatic carbocycles. The van der Waals surface area contributed by atoms with Crippen molar-refractivity contribution >= 4 is 27.5 Å². The van der Waals surface area contributed by atoms with E-state index in [-0.39, 0.29) is 12.5 Å². The molecule has 180 valence electrons. The normalized spacial score (nSPS) is 12.1. The highest BCUT2D eigenvalue weighted by atomic mass is 32.2. The molecule has 0 bridgehead atoms. The lowest BCUT2D eigenvalue weighted by atomic mass is 10.1. The largest absolute Gasteiger partial charge is 0.497 e. The van der Waals surface area contributed by atoms with Crippen molar-refractivity contribution in [2.75, 3.05) is 31.3 Å². The quantitative estimate of drug-likeness (QED) is 0.570. The molecule has 1 atom stereocenters. The predicted octanol–water partition coefficient (Wildman–Crippen LogP) is 2.63. The van der Waals surface area contributed by atoms with Gasteiger partial charge in [0.2, 0.25) is 21.8 Å². The number of sulfonamides is 1. The molecule has 2 rings (SSSR count). The molecule has 0 spiro atoms. The van der Waals surface area contributed by atoms with Gasteiger partial charge in [-0.1, -0.05) is 31.2 Å². The van der Waals surface area contributed by atoms with Crippen LogP contribution in [-0.2, 0) is 26.2 Å². The lowest BCUT2D eigenvalue weighted by Gasteiger charge is -2.33. The summed E-state index contributed by atoms with van der Waals surface area (Å²) in [5.74, 6) is -0.0993. The highest BCUT2D eigenvalue weighted by Crippen LogP contribution is 2.25. The van der Waals surface area contributed by atoms with E-state index < -0.39 is 28.5 Å². The zero-order chi connectivity index (χ0) is 24.8. The summed E-state index contributed by atoms with van der Waals surface area (Å²) in [6, 6.07) is 11.8. The van der Waals surface area contributed by atoms with Crippen LogP contribution >= 0.6 is 0 Å². The minimum absolute atomic E-state index is 0.152. The lowest BCUT2D eigenvalue weighted by molar-refractivity contribution is -0.140. The van der Waals surface area contributed by atoms with Crippen LogP contribution < -0.4 is 14.4 Å². The van der Waals surface area contributed by atoms with E-state index in [1.807, 2.05) is 39.0 Å². The lowest BCUT2D eigenvalue weighted by Crippen LogP contribution is -2.51. The molecule has 2 aromatic carbocycles. The number of ether oxygens (including phenoxy) is 1. The van der Waals surface area contributed by atoms with Crippen LogP contribution in [0.1, 0.15) is 30.0 Å². The first-order valence-electron chi connectivity index (χ1n) is 10.7. The van der Waals surface area contributed by atoms with Crippen molar-refractivity contribution in [1.29, 1.82) is 0 Å². The maximum absolute atomic E-state index is 13.5. The number of benzene rings is 2. The van der Waals surface area contributed by atoms with Gasteiger partial charge in [-0.15, -0.1) is 0 Å². The van der Waals surface area contributed by atoms with Gasteiger partial charge >= 0.3 is 0 Å². The van der Waals surface area contributed by atoms with Crippen molar-refractivity contribution in [3.05, 3.63) is 59.2 Å². The molecule has 33 heavy (non-hydrogen) atoms. The number of nitrogens with zero attached hydrogens (tertiary/aromatic N) is 2. The second-order valence-corrected chi connectivity index (χ2v) is 9.80. The Balaban J connectivity index is 2.46. The molecule has 0 aromatic heterocycles. The second kappa shape index (κ2) is 11.2. The first-order chi connectivity index (χ1) is 15.5. The molecule has 0 radical (unpaired) electrons. The van der Waals surface area contributed by atoms with E-state index in [1.54, 1.807) is 31.4 Å². The number of amides is 2. The zero-order valence-corrected chi connectivity index (χ0v) is 20.9. The maximum atomic E-state index is 13.5. The maximum Gasteiger partial charge on any atom is 0.244 e. The van der Waals surface area contributed by atoms with Gasteiger partial charge in [-0.25, -0.2) is 8.42 Å². The SMILES string of the molecule is CC[C@H](C(=O)NC)N(Cc1ccc(OC)cc1)C(=O)CN(c1cccc(C)c1C)S(C)(=O)=O. The number of aryl methyl sites for hydroxylation is 1. The molecule has 0 heterocycles. The topological polar surface area (TPSA) is 96.0 Å². The molecule has 9 heteroatoms. The Kier molecular flexibility index (Phi) is 8.87. The van der Waals surface area contributed by atoms with E-state index in [0.717, 1.165) is 27.3 Å². The van der Waals surface area contributed by atoms with Gasteiger partial charge in [-0.3, -0.25) is 13.9 Å². The molecular weight excluding hydrogens is 442 g/mol. The molecule has 0 aliphatic heterocycles. The van der Waals surface area contributed by atoms with Crippen molar-refractivity contribution < 1.29 is 22.7 Å².